The lowest BCUT2D eigenvalue weighted by Gasteiger charge is -2.32. The van der Waals surface area contributed by atoms with Crippen LogP contribution in [0.4, 0.5) is 0 Å². The van der Waals surface area contributed by atoms with Crippen molar-refractivity contribution in [3.05, 3.63) is 95.3 Å². The monoisotopic (exact) mass is 471 g/mol. The Morgan fingerprint density at radius 3 is 2.26 bits per heavy atom. The van der Waals surface area contributed by atoms with Crippen molar-refractivity contribution in [2.75, 3.05) is 6.54 Å². The largest absolute Gasteiger partial charge is 0.345 e. The molecule has 2 aromatic carbocycles. The maximum Gasteiger partial charge on any atom is 0.242 e. The van der Waals surface area contributed by atoms with Crippen LogP contribution in [0.3, 0.4) is 0 Å². The van der Waals surface area contributed by atoms with E-state index in [1.54, 1.807) is 0 Å². The van der Waals surface area contributed by atoms with Gasteiger partial charge in [0.25, 0.3) is 0 Å². The molecule has 2 amide bonds. The molecule has 1 aliphatic rings. The summed E-state index contributed by atoms with van der Waals surface area (Å²) < 4.78 is 2.21. The van der Waals surface area contributed by atoms with Gasteiger partial charge in [0.1, 0.15) is 6.54 Å². The summed E-state index contributed by atoms with van der Waals surface area (Å²) in [6.45, 7) is 9.81. The van der Waals surface area contributed by atoms with Crippen LogP contribution in [0.1, 0.15) is 56.0 Å². The first kappa shape index (κ1) is 24.8. The average molecular weight is 472 g/mol. The molecular formula is C30H37N3O2. The van der Waals surface area contributed by atoms with Gasteiger partial charge in [0.2, 0.25) is 11.8 Å². The smallest absolute Gasteiger partial charge is 0.242 e. The van der Waals surface area contributed by atoms with E-state index in [1.165, 1.54) is 11.1 Å². The van der Waals surface area contributed by atoms with Gasteiger partial charge in [-0.3, -0.25) is 9.59 Å². The number of benzene rings is 2. The van der Waals surface area contributed by atoms with E-state index in [1.807, 2.05) is 67.0 Å². The number of hydrogen-bond donors (Lipinski definition) is 0. The van der Waals surface area contributed by atoms with Crippen LogP contribution < -0.4 is 0 Å². The minimum absolute atomic E-state index is 0.0120. The van der Waals surface area contributed by atoms with E-state index >= 15 is 0 Å². The van der Waals surface area contributed by atoms with Crippen molar-refractivity contribution in [2.24, 2.45) is 5.41 Å². The highest BCUT2D eigenvalue weighted by molar-refractivity contribution is 5.88. The third-order valence-electron chi connectivity index (χ3n) is 6.64. The average Bonchev–Trinajstić information content (AvgIpc) is 3.58. The van der Waals surface area contributed by atoms with Crippen molar-refractivity contribution in [2.45, 2.75) is 66.2 Å². The molecule has 184 valence electrons. The van der Waals surface area contributed by atoms with Crippen LogP contribution in [-0.2, 0) is 29.2 Å². The zero-order valence-corrected chi connectivity index (χ0v) is 21.4. The number of carbonyl (C=O) groups is 2. The molecule has 0 saturated heterocycles. The maximum atomic E-state index is 13.7. The van der Waals surface area contributed by atoms with Gasteiger partial charge >= 0.3 is 0 Å². The normalized spacial score (nSPS) is 13.5. The van der Waals surface area contributed by atoms with Crippen molar-refractivity contribution in [1.82, 2.24) is 14.4 Å². The van der Waals surface area contributed by atoms with Crippen LogP contribution in [0.15, 0.2) is 72.9 Å². The highest BCUT2D eigenvalue weighted by atomic mass is 16.2. The Balaban J connectivity index is 1.56. The summed E-state index contributed by atoms with van der Waals surface area (Å²) in [7, 11) is 0. The molecule has 0 radical (unpaired) electrons. The van der Waals surface area contributed by atoms with Crippen LogP contribution in [0, 0.1) is 12.3 Å². The lowest BCUT2D eigenvalue weighted by atomic mass is 9.94. The summed E-state index contributed by atoms with van der Waals surface area (Å²) >= 11 is 0. The second-order valence-corrected chi connectivity index (χ2v) is 10.7. The van der Waals surface area contributed by atoms with Crippen molar-refractivity contribution in [3.8, 4) is 0 Å². The number of rotatable bonds is 9. The van der Waals surface area contributed by atoms with Gasteiger partial charge in [-0.15, -0.1) is 0 Å². The second-order valence-electron chi connectivity index (χ2n) is 10.7. The molecule has 0 aliphatic heterocycles. The summed E-state index contributed by atoms with van der Waals surface area (Å²) in [5.41, 5.74) is 4.18. The zero-order chi connectivity index (χ0) is 25.0. The van der Waals surface area contributed by atoms with Crippen LogP contribution in [0.5, 0.6) is 0 Å². The van der Waals surface area contributed by atoms with Gasteiger partial charge in [-0.05, 0) is 48.6 Å². The summed E-state index contributed by atoms with van der Waals surface area (Å²) in [5.74, 6) is 0.0398. The summed E-state index contributed by atoms with van der Waals surface area (Å²) in [4.78, 5) is 30.5. The molecule has 0 atom stereocenters. The predicted molar refractivity (Wildman–Crippen MR) is 140 cm³/mol. The number of amides is 2. The maximum absolute atomic E-state index is 13.7. The third kappa shape index (κ3) is 6.41. The van der Waals surface area contributed by atoms with Crippen LogP contribution in [0.2, 0.25) is 0 Å². The van der Waals surface area contributed by atoms with Gasteiger partial charge in [0.05, 0.1) is 6.54 Å². The fourth-order valence-corrected chi connectivity index (χ4v) is 4.38. The number of hydrogen-bond acceptors (Lipinski definition) is 2. The number of aromatic nitrogens is 1. The molecule has 5 nitrogen and oxygen atoms in total. The highest BCUT2D eigenvalue weighted by Gasteiger charge is 2.39. The molecular weight excluding hydrogens is 434 g/mol. The minimum Gasteiger partial charge on any atom is -0.345 e. The van der Waals surface area contributed by atoms with Crippen LogP contribution >= 0.6 is 0 Å². The lowest BCUT2D eigenvalue weighted by Crippen LogP contribution is -2.47. The molecule has 1 saturated carbocycles. The standard InChI is InChI=1S/C30H37N3O2/c1-23-11-8-9-14-25(23)20-31-18-10-15-27(31)21-32(19-24-12-6-5-7-13-24)28(34)22-33(26-16-17-26)29(35)30(2,3)4/h5-15,18,26H,16-17,19-22H2,1-4H3. The first-order valence-corrected chi connectivity index (χ1v) is 12.5. The molecule has 1 aromatic heterocycles. The quantitative estimate of drug-likeness (QED) is 0.419. The van der Waals surface area contributed by atoms with Crippen molar-refractivity contribution >= 4 is 11.8 Å². The molecule has 0 spiro atoms. The molecule has 0 N–H and O–H groups in total. The topological polar surface area (TPSA) is 45.6 Å². The first-order valence-electron chi connectivity index (χ1n) is 12.5. The zero-order valence-electron chi connectivity index (χ0n) is 21.4. The van der Waals surface area contributed by atoms with E-state index in [2.05, 4.69) is 48.0 Å². The Kier molecular flexibility index (Phi) is 7.44. The molecule has 1 fully saturated rings. The first-order chi connectivity index (χ1) is 16.7. The van der Waals surface area contributed by atoms with Crippen LogP contribution in [-0.4, -0.2) is 38.8 Å². The molecule has 3 aromatic rings. The van der Waals surface area contributed by atoms with Gasteiger partial charge in [-0.25, -0.2) is 0 Å². The van der Waals surface area contributed by atoms with E-state index in [-0.39, 0.29) is 24.4 Å². The molecule has 35 heavy (non-hydrogen) atoms. The summed E-state index contributed by atoms with van der Waals surface area (Å²) in [6, 6.07) is 22.8. The van der Waals surface area contributed by atoms with Crippen molar-refractivity contribution in [3.63, 3.8) is 0 Å². The lowest BCUT2D eigenvalue weighted by molar-refractivity contribution is -0.146. The summed E-state index contributed by atoms with van der Waals surface area (Å²) in [6.07, 6.45) is 4.03. The van der Waals surface area contributed by atoms with E-state index in [9.17, 15) is 9.59 Å². The van der Waals surface area contributed by atoms with E-state index in [0.29, 0.717) is 13.1 Å². The number of carbonyl (C=O) groups excluding carboxylic acids is 2. The third-order valence-corrected chi connectivity index (χ3v) is 6.64. The fourth-order valence-electron chi connectivity index (χ4n) is 4.38. The van der Waals surface area contributed by atoms with Crippen molar-refractivity contribution < 1.29 is 9.59 Å². The minimum atomic E-state index is -0.505. The van der Waals surface area contributed by atoms with Crippen molar-refractivity contribution in [1.29, 1.82) is 0 Å². The van der Waals surface area contributed by atoms with E-state index < -0.39 is 5.41 Å². The van der Waals surface area contributed by atoms with Crippen LogP contribution in [0.25, 0.3) is 0 Å². The molecule has 1 heterocycles. The van der Waals surface area contributed by atoms with Gasteiger partial charge in [0.15, 0.2) is 0 Å². The Morgan fingerprint density at radius 2 is 1.60 bits per heavy atom. The fraction of sp³-hybridized carbons (Fsp3) is 0.400. The molecule has 1 aliphatic carbocycles. The van der Waals surface area contributed by atoms with Gasteiger partial charge in [0, 0.05) is 36.4 Å². The molecule has 4 rings (SSSR count). The highest BCUT2D eigenvalue weighted by Crippen LogP contribution is 2.31. The summed E-state index contributed by atoms with van der Waals surface area (Å²) in [5, 5.41) is 0. The Labute approximate surface area is 209 Å². The van der Waals surface area contributed by atoms with Gasteiger partial charge in [-0.1, -0.05) is 75.4 Å². The molecule has 0 unspecified atom stereocenters. The Bertz CT molecular complexity index is 1160. The van der Waals surface area contributed by atoms with Gasteiger partial charge in [-0.2, -0.15) is 0 Å². The van der Waals surface area contributed by atoms with E-state index in [0.717, 1.165) is 30.6 Å². The Hall–Kier alpha value is -3.34. The van der Waals surface area contributed by atoms with Gasteiger partial charge < -0.3 is 14.4 Å². The number of aryl methyl sites for hydroxylation is 1. The SMILES string of the molecule is Cc1ccccc1Cn1cccc1CN(Cc1ccccc1)C(=O)CN(C(=O)C(C)(C)C)C1CC1. The van der Waals surface area contributed by atoms with E-state index in [4.69, 9.17) is 0 Å². The predicted octanol–water partition coefficient (Wildman–Crippen LogP) is 5.41. The second kappa shape index (κ2) is 10.5. The Morgan fingerprint density at radius 1 is 0.914 bits per heavy atom. The molecule has 0 bridgehead atoms. The number of nitrogens with zero attached hydrogens (tertiary/aromatic N) is 3. The molecule has 5 heteroatoms.